The van der Waals surface area contributed by atoms with Gasteiger partial charge in [-0.05, 0) is 28.1 Å². The van der Waals surface area contributed by atoms with Gasteiger partial charge in [0.1, 0.15) is 11.5 Å². The second kappa shape index (κ2) is 6.82. The molecule has 124 valence electrons. The lowest BCUT2D eigenvalue weighted by atomic mass is 10.1. The van der Waals surface area contributed by atoms with E-state index in [2.05, 4.69) is 37.5 Å². The summed E-state index contributed by atoms with van der Waals surface area (Å²) >= 11 is 0. The van der Waals surface area contributed by atoms with Crippen molar-refractivity contribution in [2.24, 2.45) is 7.05 Å². The number of hydrogen-bond acceptors (Lipinski definition) is 7. The Kier molecular flexibility index (Phi) is 4.61. The molecule has 0 N–H and O–H groups in total. The Morgan fingerprint density at radius 2 is 1.65 bits per heavy atom. The van der Waals surface area contributed by atoms with Crippen molar-refractivity contribution in [2.45, 2.75) is 6.54 Å². The number of anilines is 1. The number of rotatable bonds is 5. The molecule has 0 saturated carbocycles. The highest BCUT2D eigenvalue weighted by Crippen LogP contribution is 2.24. The van der Waals surface area contributed by atoms with Crippen LogP contribution in [0.2, 0.25) is 0 Å². The summed E-state index contributed by atoms with van der Waals surface area (Å²) in [4.78, 5) is 4.62. The molecule has 1 aromatic heterocycles. The number of tetrazole rings is 1. The van der Waals surface area contributed by atoms with Crippen LogP contribution < -0.4 is 14.4 Å². The van der Waals surface area contributed by atoms with E-state index in [-0.39, 0.29) is 0 Å². The molecule has 8 nitrogen and oxygen atoms in total. The molecule has 0 aliphatic carbocycles. The second-order valence-electron chi connectivity index (χ2n) is 5.59. The Labute approximate surface area is 135 Å². The van der Waals surface area contributed by atoms with Crippen LogP contribution in [0.5, 0.6) is 11.5 Å². The van der Waals surface area contributed by atoms with Crippen LogP contribution in [0, 0.1) is 0 Å². The summed E-state index contributed by atoms with van der Waals surface area (Å²) in [6, 6.07) is 6.01. The lowest BCUT2D eigenvalue weighted by molar-refractivity contribution is 0.247. The van der Waals surface area contributed by atoms with E-state index in [9.17, 15) is 0 Å². The van der Waals surface area contributed by atoms with Crippen LogP contribution in [0.3, 0.4) is 0 Å². The van der Waals surface area contributed by atoms with Gasteiger partial charge in [0.2, 0.25) is 5.95 Å². The Morgan fingerprint density at radius 3 is 2.17 bits per heavy atom. The summed E-state index contributed by atoms with van der Waals surface area (Å²) in [6.07, 6.45) is 0. The normalized spacial score (nSPS) is 15.7. The average molecular weight is 318 g/mol. The number of hydrogen-bond donors (Lipinski definition) is 0. The minimum Gasteiger partial charge on any atom is -0.497 e. The maximum Gasteiger partial charge on any atom is 0.245 e. The van der Waals surface area contributed by atoms with E-state index in [0.29, 0.717) is 0 Å². The summed E-state index contributed by atoms with van der Waals surface area (Å²) in [7, 11) is 5.21. The SMILES string of the molecule is COc1cc(CN2CCN(c3nnnn3C)CC2)cc(OC)c1. The van der Waals surface area contributed by atoms with Crippen molar-refractivity contribution >= 4 is 5.95 Å². The molecule has 0 amide bonds. The smallest absolute Gasteiger partial charge is 0.245 e. The van der Waals surface area contributed by atoms with Crippen LogP contribution in [0.4, 0.5) is 5.95 Å². The number of ether oxygens (including phenoxy) is 2. The molecule has 2 heterocycles. The molecule has 1 aromatic carbocycles. The quantitative estimate of drug-likeness (QED) is 0.797. The molecule has 3 rings (SSSR count). The van der Waals surface area contributed by atoms with Crippen molar-refractivity contribution in [3.05, 3.63) is 23.8 Å². The summed E-state index contributed by atoms with van der Waals surface area (Å²) in [6.45, 7) is 4.63. The first-order chi connectivity index (χ1) is 11.2. The molecule has 2 aromatic rings. The van der Waals surface area contributed by atoms with E-state index >= 15 is 0 Å². The number of aromatic nitrogens is 4. The molecule has 0 unspecified atom stereocenters. The van der Waals surface area contributed by atoms with E-state index < -0.39 is 0 Å². The third-order valence-corrected chi connectivity index (χ3v) is 4.07. The van der Waals surface area contributed by atoms with Crippen LogP contribution in [0.25, 0.3) is 0 Å². The fourth-order valence-electron chi connectivity index (χ4n) is 2.81. The standard InChI is InChI=1S/C15H22N6O2/c1-19-15(16-17-18-19)21-6-4-20(5-7-21)11-12-8-13(22-2)10-14(9-12)23-3/h8-10H,4-7,11H2,1-3H3. The number of piperazine rings is 1. The van der Waals surface area contributed by atoms with E-state index in [1.54, 1.807) is 18.9 Å². The van der Waals surface area contributed by atoms with Crippen molar-refractivity contribution in [3.63, 3.8) is 0 Å². The van der Waals surface area contributed by atoms with Gasteiger partial charge in [0.25, 0.3) is 0 Å². The first kappa shape index (κ1) is 15.5. The van der Waals surface area contributed by atoms with Crippen LogP contribution in [-0.2, 0) is 13.6 Å². The van der Waals surface area contributed by atoms with E-state index in [1.807, 2.05) is 13.1 Å². The lowest BCUT2D eigenvalue weighted by Gasteiger charge is -2.34. The molecule has 1 aliphatic rings. The third-order valence-electron chi connectivity index (χ3n) is 4.07. The predicted molar refractivity (Wildman–Crippen MR) is 85.8 cm³/mol. The number of benzene rings is 1. The Balaban J connectivity index is 1.61. The summed E-state index contributed by atoms with van der Waals surface area (Å²) in [5.41, 5.74) is 1.19. The first-order valence-electron chi connectivity index (χ1n) is 7.61. The van der Waals surface area contributed by atoms with Crippen molar-refractivity contribution in [1.82, 2.24) is 25.1 Å². The van der Waals surface area contributed by atoms with Crippen molar-refractivity contribution in [2.75, 3.05) is 45.3 Å². The van der Waals surface area contributed by atoms with Gasteiger partial charge in [0.15, 0.2) is 0 Å². The van der Waals surface area contributed by atoms with Crippen LogP contribution in [0.15, 0.2) is 18.2 Å². The van der Waals surface area contributed by atoms with Crippen LogP contribution in [0.1, 0.15) is 5.56 Å². The Hall–Kier alpha value is -2.35. The minimum atomic E-state index is 0.822. The molecular weight excluding hydrogens is 296 g/mol. The molecule has 0 spiro atoms. The summed E-state index contributed by atoms with van der Waals surface area (Å²) in [5, 5.41) is 11.7. The van der Waals surface area contributed by atoms with Gasteiger partial charge in [-0.25, -0.2) is 4.68 Å². The zero-order chi connectivity index (χ0) is 16.2. The molecule has 0 atom stereocenters. The lowest BCUT2D eigenvalue weighted by Crippen LogP contribution is -2.46. The maximum absolute atomic E-state index is 5.33. The van der Waals surface area contributed by atoms with Gasteiger partial charge in [-0.15, -0.1) is 0 Å². The Bertz CT molecular complexity index is 629. The van der Waals surface area contributed by atoms with Crippen molar-refractivity contribution < 1.29 is 9.47 Å². The zero-order valence-electron chi connectivity index (χ0n) is 13.8. The molecule has 1 fully saturated rings. The van der Waals surface area contributed by atoms with Gasteiger partial charge in [-0.3, -0.25) is 4.90 Å². The number of nitrogens with zero attached hydrogens (tertiary/aromatic N) is 6. The highest BCUT2D eigenvalue weighted by atomic mass is 16.5. The number of aryl methyl sites for hydroxylation is 1. The predicted octanol–water partition coefficient (Wildman–Crippen LogP) is 0.549. The van der Waals surface area contributed by atoms with Gasteiger partial charge in [0, 0.05) is 45.8 Å². The molecule has 0 bridgehead atoms. The van der Waals surface area contributed by atoms with Crippen molar-refractivity contribution in [3.8, 4) is 11.5 Å². The van der Waals surface area contributed by atoms with E-state index in [1.165, 1.54) is 5.56 Å². The fourth-order valence-corrected chi connectivity index (χ4v) is 2.81. The topological polar surface area (TPSA) is 68.5 Å². The van der Waals surface area contributed by atoms with Gasteiger partial charge in [-0.1, -0.05) is 5.10 Å². The fraction of sp³-hybridized carbons (Fsp3) is 0.533. The monoisotopic (exact) mass is 318 g/mol. The molecule has 1 saturated heterocycles. The molecule has 23 heavy (non-hydrogen) atoms. The zero-order valence-corrected chi connectivity index (χ0v) is 13.8. The molecular formula is C15H22N6O2. The van der Waals surface area contributed by atoms with Gasteiger partial charge in [-0.2, -0.15) is 0 Å². The van der Waals surface area contributed by atoms with Gasteiger partial charge < -0.3 is 14.4 Å². The largest absolute Gasteiger partial charge is 0.497 e. The number of methoxy groups -OCH3 is 2. The molecule has 8 heteroatoms. The van der Waals surface area contributed by atoms with E-state index in [0.717, 1.165) is 50.2 Å². The van der Waals surface area contributed by atoms with Crippen molar-refractivity contribution in [1.29, 1.82) is 0 Å². The second-order valence-corrected chi connectivity index (χ2v) is 5.59. The Morgan fingerprint density at radius 1 is 1.00 bits per heavy atom. The average Bonchev–Trinajstić information content (AvgIpc) is 3.01. The molecule has 0 radical (unpaired) electrons. The third kappa shape index (κ3) is 3.53. The van der Waals surface area contributed by atoms with Gasteiger partial charge >= 0.3 is 0 Å². The minimum absolute atomic E-state index is 0.822. The van der Waals surface area contributed by atoms with Crippen LogP contribution >= 0.6 is 0 Å². The first-order valence-corrected chi connectivity index (χ1v) is 7.61. The summed E-state index contributed by atoms with van der Waals surface area (Å²) < 4.78 is 12.4. The van der Waals surface area contributed by atoms with E-state index in [4.69, 9.17) is 9.47 Å². The maximum atomic E-state index is 5.33. The molecule has 1 aliphatic heterocycles. The highest BCUT2D eigenvalue weighted by molar-refractivity contribution is 5.38. The van der Waals surface area contributed by atoms with Gasteiger partial charge in [0.05, 0.1) is 14.2 Å². The summed E-state index contributed by atoms with van der Waals surface area (Å²) in [5.74, 6) is 2.47. The van der Waals surface area contributed by atoms with Crippen LogP contribution in [-0.4, -0.2) is 65.5 Å². The highest BCUT2D eigenvalue weighted by Gasteiger charge is 2.21.